The van der Waals surface area contributed by atoms with Crippen LogP contribution in [0.4, 0.5) is 0 Å². The average Bonchev–Trinajstić information content (AvgIpc) is 2.49. The highest BCUT2D eigenvalue weighted by Gasteiger charge is 2.11. The van der Waals surface area contributed by atoms with Crippen molar-refractivity contribution < 1.29 is 19.3 Å². The first-order valence-corrected chi connectivity index (χ1v) is 7.00. The quantitative estimate of drug-likeness (QED) is 0.554. The second-order valence-electron chi connectivity index (χ2n) is 4.75. The molecule has 0 aliphatic carbocycles. The molecule has 0 aromatic heterocycles. The lowest BCUT2D eigenvalue weighted by atomic mass is 10.1. The summed E-state index contributed by atoms with van der Waals surface area (Å²) < 4.78 is 15.9. The van der Waals surface area contributed by atoms with Gasteiger partial charge in [-0.1, -0.05) is 0 Å². The molecule has 0 heterocycles. The van der Waals surface area contributed by atoms with Crippen molar-refractivity contribution in [2.75, 3.05) is 41.0 Å². The van der Waals surface area contributed by atoms with Gasteiger partial charge in [-0.3, -0.25) is 0 Å². The predicted molar refractivity (Wildman–Crippen MR) is 82.4 cm³/mol. The molecular formula is C15H26N2O4. The van der Waals surface area contributed by atoms with Crippen LogP contribution in [0.5, 0.6) is 17.2 Å². The van der Waals surface area contributed by atoms with Crippen molar-refractivity contribution in [3.63, 3.8) is 0 Å². The van der Waals surface area contributed by atoms with E-state index in [-0.39, 0.29) is 6.10 Å². The monoisotopic (exact) mass is 298 g/mol. The van der Waals surface area contributed by atoms with Crippen LogP contribution in [0.3, 0.4) is 0 Å². The van der Waals surface area contributed by atoms with Crippen molar-refractivity contribution in [2.45, 2.75) is 19.6 Å². The number of rotatable bonds is 10. The van der Waals surface area contributed by atoms with Gasteiger partial charge in [0, 0.05) is 37.8 Å². The van der Waals surface area contributed by atoms with E-state index in [2.05, 4.69) is 10.6 Å². The second kappa shape index (κ2) is 9.44. The van der Waals surface area contributed by atoms with Gasteiger partial charge in [0.2, 0.25) is 0 Å². The molecule has 0 spiro atoms. The van der Waals surface area contributed by atoms with E-state index in [4.69, 9.17) is 19.3 Å². The first-order valence-electron chi connectivity index (χ1n) is 7.00. The topological polar surface area (TPSA) is 72.0 Å². The molecule has 1 rings (SSSR count). The maximum atomic E-state index is 9.14. The molecule has 0 aliphatic rings. The SMILES string of the molecule is COc1cc(OC)c(OC)cc1CNCCNCC(C)O. The van der Waals surface area contributed by atoms with Gasteiger partial charge in [-0.25, -0.2) is 0 Å². The van der Waals surface area contributed by atoms with E-state index < -0.39 is 0 Å². The van der Waals surface area contributed by atoms with Gasteiger partial charge in [0.05, 0.1) is 27.4 Å². The number of hydrogen-bond acceptors (Lipinski definition) is 6. The number of aliphatic hydroxyl groups is 1. The Hall–Kier alpha value is -1.50. The minimum atomic E-state index is -0.323. The van der Waals surface area contributed by atoms with Crippen molar-refractivity contribution in [1.29, 1.82) is 0 Å². The smallest absolute Gasteiger partial charge is 0.164 e. The summed E-state index contributed by atoms with van der Waals surface area (Å²) in [5.74, 6) is 2.09. The Bertz CT molecular complexity index is 424. The first kappa shape index (κ1) is 17.6. The molecule has 1 atom stereocenters. The van der Waals surface area contributed by atoms with E-state index in [1.165, 1.54) is 0 Å². The minimum absolute atomic E-state index is 0.323. The highest BCUT2D eigenvalue weighted by atomic mass is 16.5. The van der Waals surface area contributed by atoms with E-state index in [1.807, 2.05) is 12.1 Å². The highest BCUT2D eigenvalue weighted by molar-refractivity contribution is 5.50. The summed E-state index contributed by atoms with van der Waals surface area (Å²) in [5.41, 5.74) is 1.01. The number of benzene rings is 1. The zero-order valence-electron chi connectivity index (χ0n) is 13.2. The summed E-state index contributed by atoms with van der Waals surface area (Å²) >= 11 is 0. The summed E-state index contributed by atoms with van der Waals surface area (Å²) in [6.45, 7) is 4.61. The average molecular weight is 298 g/mol. The molecule has 0 radical (unpaired) electrons. The molecule has 0 aliphatic heterocycles. The summed E-state index contributed by atoms with van der Waals surface area (Å²) in [7, 11) is 4.85. The van der Waals surface area contributed by atoms with Crippen molar-refractivity contribution in [3.05, 3.63) is 17.7 Å². The van der Waals surface area contributed by atoms with Crippen molar-refractivity contribution in [3.8, 4) is 17.2 Å². The molecule has 120 valence electrons. The fraction of sp³-hybridized carbons (Fsp3) is 0.600. The lowest BCUT2D eigenvalue weighted by Gasteiger charge is -2.14. The summed E-state index contributed by atoms with van der Waals surface area (Å²) in [6.07, 6.45) is -0.323. The van der Waals surface area contributed by atoms with Crippen LogP contribution in [0.2, 0.25) is 0 Å². The van der Waals surface area contributed by atoms with E-state index in [9.17, 15) is 0 Å². The van der Waals surface area contributed by atoms with Gasteiger partial charge in [0.15, 0.2) is 11.5 Å². The van der Waals surface area contributed by atoms with Crippen LogP contribution in [0.25, 0.3) is 0 Å². The third-order valence-corrected chi connectivity index (χ3v) is 3.02. The number of hydrogen-bond donors (Lipinski definition) is 3. The molecule has 0 saturated carbocycles. The van der Waals surface area contributed by atoms with Gasteiger partial charge >= 0.3 is 0 Å². The normalized spacial score (nSPS) is 12.0. The minimum Gasteiger partial charge on any atom is -0.496 e. The Balaban J connectivity index is 2.53. The molecule has 1 aromatic rings. The third-order valence-electron chi connectivity index (χ3n) is 3.02. The number of nitrogens with one attached hydrogen (secondary N) is 2. The molecule has 0 saturated heterocycles. The Morgan fingerprint density at radius 3 is 2.10 bits per heavy atom. The largest absolute Gasteiger partial charge is 0.496 e. The zero-order valence-corrected chi connectivity index (χ0v) is 13.2. The van der Waals surface area contributed by atoms with E-state index in [0.717, 1.165) is 24.4 Å². The van der Waals surface area contributed by atoms with Gasteiger partial charge in [-0.15, -0.1) is 0 Å². The fourth-order valence-electron chi connectivity index (χ4n) is 1.94. The molecule has 6 heteroatoms. The molecule has 21 heavy (non-hydrogen) atoms. The van der Waals surface area contributed by atoms with Crippen molar-refractivity contribution in [1.82, 2.24) is 10.6 Å². The third kappa shape index (κ3) is 5.79. The van der Waals surface area contributed by atoms with Gasteiger partial charge in [-0.05, 0) is 13.0 Å². The van der Waals surface area contributed by atoms with Crippen molar-refractivity contribution >= 4 is 0 Å². The molecule has 0 bridgehead atoms. The maximum absolute atomic E-state index is 9.14. The number of aliphatic hydroxyl groups excluding tert-OH is 1. The molecule has 1 unspecified atom stereocenters. The molecule has 1 aromatic carbocycles. The summed E-state index contributed by atoms with van der Waals surface area (Å²) in [6, 6.07) is 3.73. The lowest BCUT2D eigenvalue weighted by molar-refractivity contribution is 0.191. The second-order valence-corrected chi connectivity index (χ2v) is 4.75. The Kier molecular flexibility index (Phi) is 7.89. The van der Waals surface area contributed by atoms with E-state index in [1.54, 1.807) is 28.3 Å². The molecule has 6 nitrogen and oxygen atoms in total. The van der Waals surface area contributed by atoms with Gasteiger partial charge in [0.25, 0.3) is 0 Å². The van der Waals surface area contributed by atoms with Crippen LogP contribution in [-0.2, 0) is 6.54 Å². The van der Waals surface area contributed by atoms with Crippen LogP contribution >= 0.6 is 0 Å². The first-order chi connectivity index (χ1) is 10.1. The van der Waals surface area contributed by atoms with Crippen LogP contribution in [0.1, 0.15) is 12.5 Å². The molecule has 0 amide bonds. The molecular weight excluding hydrogens is 272 g/mol. The van der Waals surface area contributed by atoms with Gasteiger partial charge < -0.3 is 30.0 Å². The fourth-order valence-corrected chi connectivity index (χ4v) is 1.94. The van der Waals surface area contributed by atoms with E-state index >= 15 is 0 Å². The van der Waals surface area contributed by atoms with Gasteiger partial charge in [-0.2, -0.15) is 0 Å². The van der Waals surface area contributed by atoms with Crippen LogP contribution in [0, 0.1) is 0 Å². The Labute approximate surface area is 126 Å². The molecule has 0 fully saturated rings. The lowest BCUT2D eigenvalue weighted by Crippen LogP contribution is -2.31. The zero-order chi connectivity index (χ0) is 15.7. The Morgan fingerprint density at radius 1 is 0.952 bits per heavy atom. The van der Waals surface area contributed by atoms with Crippen molar-refractivity contribution in [2.24, 2.45) is 0 Å². The summed E-state index contributed by atoms with van der Waals surface area (Å²) in [5, 5.41) is 15.6. The predicted octanol–water partition coefficient (Wildman–Crippen LogP) is 0.772. The number of methoxy groups -OCH3 is 3. The van der Waals surface area contributed by atoms with Gasteiger partial charge in [0.1, 0.15) is 5.75 Å². The van der Waals surface area contributed by atoms with Crippen LogP contribution in [-0.4, -0.2) is 52.2 Å². The molecule has 3 N–H and O–H groups in total. The maximum Gasteiger partial charge on any atom is 0.164 e. The highest BCUT2D eigenvalue weighted by Crippen LogP contribution is 2.34. The van der Waals surface area contributed by atoms with Crippen LogP contribution < -0.4 is 24.8 Å². The Morgan fingerprint density at radius 2 is 1.52 bits per heavy atom. The van der Waals surface area contributed by atoms with E-state index in [0.29, 0.717) is 24.6 Å². The van der Waals surface area contributed by atoms with Crippen LogP contribution in [0.15, 0.2) is 12.1 Å². The summed E-state index contributed by atoms with van der Waals surface area (Å²) in [4.78, 5) is 0. The standard InChI is InChI=1S/C15H26N2O4/c1-11(18)9-16-5-6-17-10-12-7-14(20-3)15(21-4)8-13(12)19-2/h7-8,11,16-18H,5-6,9-10H2,1-4H3. The number of ether oxygens (including phenoxy) is 3.